The van der Waals surface area contributed by atoms with Crippen molar-refractivity contribution in [2.75, 3.05) is 0 Å². The summed E-state index contributed by atoms with van der Waals surface area (Å²) in [7, 11) is 0. The summed E-state index contributed by atoms with van der Waals surface area (Å²) >= 11 is 0. The fraction of sp³-hybridized carbons (Fsp3) is 0.467. The molecule has 2 amide bonds. The molecule has 1 aromatic carbocycles. The average molecular weight is 368 g/mol. The quantitative estimate of drug-likeness (QED) is 0.673. The Hall–Kier alpha value is -2.39. The van der Waals surface area contributed by atoms with Gasteiger partial charge in [-0.25, -0.2) is 13.6 Å². The molecule has 0 aliphatic rings. The largest absolute Gasteiger partial charge is 0.481 e. The monoisotopic (exact) mass is 368 g/mol. The Morgan fingerprint density at radius 1 is 1.16 bits per heavy atom. The van der Waals surface area contributed by atoms with Crippen molar-refractivity contribution in [2.45, 2.75) is 44.4 Å². The highest BCUT2D eigenvalue weighted by molar-refractivity contribution is 5.75. The number of carbonyl (C=O) groups excluding carboxylic acids is 1. The number of carbonyl (C=O) groups is 2. The lowest BCUT2D eigenvalue weighted by Gasteiger charge is -2.28. The molecule has 5 nitrogen and oxygen atoms in total. The molecule has 10 heteroatoms. The van der Waals surface area contributed by atoms with Gasteiger partial charge in [0.05, 0.1) is 5.56 Å². The first-order valence-corrected chi connectivity index (χ1v) is 7.14. The number of hydrogen-bond acceptors (Lipinski definition) is 2. The van der Waals surface area contributed by atoms with Gasteiger partial charge in [-0.15, -0.1) is 0 Å². The van der Waals surface area contributed by atoms with Crippen molar-refractivity contribution in [1.82, 2.24) is 10.6 Å². The number of hydrogen-bond donors (Lipinski definition) is 3. The maximum absolute atomic E-state index is 13.7. The van der Waals surface area contributed by atoms with E-state index in [0.717, 1.165) is 6.07 Å². The highest BCUT2D eigenvalue weighted by atomic mass is 19.4. The first-order chi connectivity index (χ1) is 11.3. The molecule has 0 aliphatic carbocycles. The van der Waals surface area contributed by atoms with E-state index >= 15 is 0 Å². The van der Waals surface area contributed by atoms with Crippen LogP contribution < -0.4 is 10.6 Å². The number of alkyl halides is 3. The number of nitrogens with one attached hydrogen (secondary N) is 2. The van der Waals surface area contributed by atoms with Crippen LogP contribution in [0.3, 0.4) is 0 Å². The summed E-state index contributed by atoms with van der Waals surface area (Å²) in [6.45, 7) is 2.81. The van der Waals surface area contributed by atoms with Crippen molar-refractivity contribution in [2.24, 2.45) is 0 Å². The number of amides is 2. The molecule has 0 fully saturated rings. The molecule has 1 atom stereocenters. The van der Waals surface area contributed by atoms with Crippen LogP contribution in [0.4, 0.5) is 26.7 Å². The molecule has 25 heavy (non-hydrogen) atoms. The van der Waals surface area contributed by atoms with Crippen LogP contribution in [0, 0.1) is 11.6 Å². The van der Waals surface area contributed by atoms with Gasteiger partial charge in [0.2, 0.25) is 0 Å². The SMILES string of the molecule is CC(C)(CCC(=O)O)NC(=O)NC(c1c(F)cccc1F)C(F)(F)F. The number of carboxylic acids is 1. The molecule has 0 radical (unpaired) electrons. The fourth-order valence-corrected chi connectivity index (χ4v) is 2.06. The second kappa shape index (κ2) is 7.66. The van der Waals surface area contributed by atoms with Crippen LogP contribution in [0.25, 0.3) is 0 Å². The van der Waals surface area contributed by atoms with Crippen LogP contribution in [0.1, 0.15) is 38.3 Å². The van der Waals surface area contributed by atoms with E-state index in [-0.39, 0.29) is 12.8 Å². The van der Waals surface area contributed by atoms with Gasteiger partial charge in [-0.1, -0.05) is 6.07 Å². The molecule has 0 aliphatic heterocycles. The predicted octanol–water partition coefficient (Wildman–Crippen LogP) is 3.51. The molecule has 140 valence electrons. The van der Waals surface area contributed by atoms with Crippen molar-refractivity contribution < 1.29 is 36.6 Å². The summed E-state index contributed by atoms with van der Waals surface area (Å²) in [5, 5.41) is 12.3. The van der Waals surface area contributed by atoms with E-state index in [9.17, 15) is 31.5 Å². The molecule has 0 aromatic heterocycles. The van der Waals surface area contributed by atoms with Crippen LogP contribution in [0.2, 0.25) is 0 Å². The first kappa shape index (κ1) is 20.7. The highest BCUT2D eigenvalue weighted by Crippen LogP contribution is 2.35. The number of rotatable bonds is 6. The van der Waals surface area contributed by atoms with Gasteiger partial charge in [0.25, 0.3) is 0 Å². The Morgan fingerprint density at radius 3 is 2.12 bits per heavy atom. The summed E-state index contributed by atoms with van der Waals surface area (Å²) in [5.41, 5.74) is -2.47. The molecule has 3 N–H and O–H groups in total. The normalized spacial score (nSPS) is 13.2. The lowest BCUT2D eigenvalue weighted by molar-refractivity contribution is -0.156. The van der Waals surface area contributed by atoms with E-state index in [4.69, 9.17) is 5.11 Å². The number of aliphatic carboxylic acids is 1. The molecule has 1 aromatic rings. The Labute approximate surface area is 140 Å². The second-order valence-corrected chi connectivity index (χ2v) is 5.99. The van der Waals surface area contributed by atoms with Gasteiger partial charge < -0.3 is 15.7 Å². The molecule has 0 saturated carbocycles. The lowest BCUT2D eigenvalue weighted by atomic mass is 9.98. The molecular weight excluding hydrogens is 351 g/mol. The predicted molar refractivity (Wildman–Crippen MR) is 77.8 cm³/mol. The van der Waals surface area contributed by atoms with Crippen molar-refractivity contribution in [3.05, 3.63) is 35.4 Å². The van der Waals surface area contributed by atoms with Gasteiger partial charge in [-0.3, -0.25) is 4.79 Å². The van der Waals surface area contributed by atoms with Crippen LogP contribution in [0.15, 0.2) is 18.2 Å². The van der Waals surface area contributed by atoms with Crippen molar-refractivity contribution in [3.8, 4) is 0 Å². The standard InChI is InChI=1S/C15H17F5N2O3/c1-14(2,7-6-10(23)24)22-13(25)21-12(15(18,19)20)11-8(16)4-3-5-9(11)17/h3-5,12H,6-7H2,1-2H3,(H,23,24)(H2,21,22,25). The molecule has 0 bridgehead atoms. The minimum absolute atomic E-state index is 0.0551. The lowest BCUT2D eigenvalue weighted by Crippen LogP contribution is -2.51. The summed E-state index contributed by atoms with van der Waals surface area (Å²) < 4.78 is 66.8. The second-order valence-electron chi connectivity index (χ2n) is 5.99. The minimum Gasteiger partial charge on any atom is -0.481 e. The van der Waals surface area contributed by atoms with Crippen LogP contribution >= 0.6 is 0 Å². The van der Waals surface area contributed by atoms with E-state index in [0.29, 0.717) is 12.1 Å². The Morgan fingerprint density at radius 2 is 1.68 bits per heavy atom. The number of benzene rings is 1. The Bertz CT molecular complexity index is 626. The van der Waals surface area contributed by atoms with Crippen molar-refractivity contribution in [1.29, 1.82) is 0 Å². The maximum Gasteiger partial charge on any atom is 0.413 e. The summed E-state index contributed by atoms with van der Waals surface area (Å²) in [6, 6.07) is -2.04. The van der Waals surface area contributed by atoms with Gasteiger partial charge >= 0.3 is 18.2 Å². The number of carboxylic acid groups (broad SMARTS) is 1. The van der Waals surface area contributed by atoms with Gasteiger partial charge in [0.15, 0.2) is 6.04 Å². The third-order valence-corrected chi connectivity index (χ3v) is 3.31. The van der Waals surface area contributed by atoms with E-state index in [1.807, 2.05) is 0 Å². The third-order valence-electron chi connectivity index (χ3n) is 3.31. The molecule has 0 spiro atoms. The fourth-order valence-electron chi connectivity index (χ4n) is 2.06. The van der Waals surface area contributed by atoms with Gasteiger partial charge in [0.1, 0.15) is 11.6 Å². The van der Waals surface area contributed by atoms with E-state index in [1.54, 1.807) is 0 Å². The van der Waals surface area contributed by atoms with E-state index < -0.39 is 47.0 Å². The molecule has 0 saturated heterocycles. The van der Waals surface area contributed by atoms with Gasteiger partial charge in [-0.05, 0) is 32.4 Å². The van der Waals surface area contributed by atoms with Crippen LogP contribution in [0.5, 0.6) is 0 Å². The maximum atomic E-state index is 13.7. The molecule has 1 unspecified atom stereocenters. The zero-order valence-electron chi connectivity index (χ0n) is 13.4. The molecule has 0 heterocycles. The van der Waals surface area contributed by atoms with Crippen LogP contribution in [-0.4, -0.2) is 28.8 Å². The topological polar surface area (TPSA) is 78.4 Å². The highest BCUT2D eigenvalue weighted by Gasteiger charge is 2.45. The third kappa shape index (κ3) is 6.20. The average Bonchev–Trinajstić information content (AvgIpc) is 2.42. The summed E-state index contributed by atoms with van der Waals surface area (Å²) in [6.07, 6.45) is -5.52. The summed E-state index contributed by atoms with van der Waals surface area (Å²) in [5.74, 6) is -4.04. The van der Waals surface area contributed by atoms with Crippen molar-refractivity contribution in [3.63, 3.8) is 0 Å². The Balaban J connectivity index is 2.97. The Kier molecular flexibility index (Phi) is 6.33. The zero-order valence-corrected chi connectivity index (χ0v) is 13.4. The smallest absolute Gasteiger partial charge is 0.413 e. The molecule has 1 rings (SSSR count). The van der Waals surface area contributed by atoms with Gasteiger partial charge in [0, 0.05) is 12.0 Å². The number of halogens is 5. The van der Waals surface area contributed by atoms with Crippen LogP contribution in [-0.2, 0) is 4.79 Å². The minimum atomic E-state index is -5.15. The van der Waals surface area contributed by atoms with E-state index in [1.165, 1.54) is 19.2 Å². The molecular formula is C15H17F5N2O3. The number of urea groups is 1. The van der Waals surface area contributed by atoms with Gasteiger partial charge in [-0.2, -0.15) is 13.2 Å². The van der Waals surface area contributed by atoms with E-state index in [2.05, 4.69) is 5.32 Å². The zero-order chi connectivity index (χ0) is 19.4. The first-order valence-electron chi connectivity index (χ1n) is 7.14. The van der Waals surface area contributed by atoms with Crippen molar-refractivity contribution >= 4 is 12.0 Å². The summed E-state index contributed by atoms with van der Waals surface area (Å²) in [4.78, 5) is 22.4.